The van der Waals surface area contributed by atoms with Gasteiger partial charge in [-0.3, -0.25) is 4.79 Å². The van der Waals surface area contributed by atoms with E-state index in [0.717, 1.165) is 30.4 Å². The van der Waals surface area contributed by atoms with Crippen LogP contribution in [-0.2, 0) is 11.3 Å². The number of carboxylic acids is 1. The van der Waals surface area contributed by atoms with E-state index in [1.807, 2.05) is 0 Å². The molecule has 146 valence electrons. The first-order valence-corrected chi connectivity index (χ1v) is 10.9. The number of aliphatic carboxylic acids is 1. The number of carbonyl (C=O) groups is 1. The van der Waals surface area contributed by atoms with Gasteiger partial charge < -0.3 is 10.4 Å². The van der Waals surface area contributed by atoms with Crippen LogP contribution in [0.4, 0.5) is 0 Å². The molecule has 0 aliphatic heterocycles. The Balaban J connectivity index is 1.55. The van der Waals surface area contributed by atoms with Gasteiger partial charge in [0.2, 0.25) is 0 Å². The lowest BCUT2D eigenvalue weighted by Crippen LogP contribution is -2.41. The zero-order valence-electron chi connectivity index (χ0n) is 16.0. The summed E-state index contributed by atoms with van der Waals surface area (Å²) in [5.74, 6) is 1.83. The molecular weight excluding hydrogens is 402 g/mol. The van der Waals surface area contributed by atoms with E-state index in [-0.39, 0.29) is 6.42 Å². The van der Waals surface area contributed by atoms with Gasteiger partial charge in [0.05, 0.1) is 0 Å². The summed E-state index contributed by atoms with van der Waals surface area (Å²) in [7, 11) is 0. The Morgan fingerprint density at radius 3 is 2.78 bits per heavy atom. The molecule has 4 rings (SSSR count). The molecule has 2 N–H and O–H groups in total. The van der Waals surface area contributed by atoms with E-state index in [0.29, 0.717) is 23.7 Å². The molecule has 3 aliphatic carbocycles. The number of hydrogen-bond acceptors (Lipinski definition) is 2. The summed E-state index contributed by atoms with van der Waals surface area (Å²) in [6.45, 7) is 4.10. The van der Waals surface area contributed by atoms with E-state index in [9.17, 15) is 4.79 Å². The Labute approximate surface area is 171 Å². The van der Waals surface area contributed by atoms with Gasteiger partial charge in [0, 0.05) is 17.4 Å². The van der Waals surface area contributed by atoms with Gasteiger partial charge in [-0.15, -0.1) is 0 Å². The summed E-state index contributed by atoms with van der Waals surface area (Å²) in [5, 5.41) is 12.5. The van der Waals surface area contributed by atoms with E-state index in [1.54, 1.807) is 0 Å². The number of aryl methyl sites for hydroxylation is 1. The highest BCUT2D eigenvalue weighted by atomic mass is 79.9. The number of benzene rings is 1. The molecule has 3 aliphatic rings. The van der Waals surface area contributed by atoms with Gasteiger partial charge in [-0.05, 0) is 86.1 Å². The molecule has 0 heterocycles. The second-order valence-electron chi connectivity index (χ2n) is 7.95. The van der Waals surface area contributed by atoms with E-state index in [1.165, 1.54) is 24.0 Å². The lowest BCUT2D eigenvalue weighted by Gasteiger charge is -2.44. The van der Waals surface area contributed by atoms with Gasteiger partial charge >= 0.3 is 5.97 Å². The summed E-state index contributed by atoms with van der Waals surface area (Å²) >= 11 is 3.53. The average molecular weight is 432 g/mol. The molecule has 2 bridgehead atoms. The molecule has 1 fully saturated rings. The largest absolute Gasteiger partial charge is 0.481 e. The Morgan fingerprint density at radius 2 is 2.07 bits per heavy atom. The Kier molecular flexibility index (Phi) is 7.31. The van der Waals surface area contributed by atoms with Crippen molar-refractivity contribution in [1.82, 2.24) is 5.32 Å². The van der Waals surface area contributed by atoms with Crippen molar-refractivity contribution in [3.8, 4) is 0 Å². The standard InChI is InChI=1S/C23H30BrNO2/c1-16-13-20(24)12-11-19(16)14-25-15-22-18-9-7-17(8-10-18)21(22)5-3-2-4-6-23(26)27/h3,5,7,9,11-13,17-18,21-22,25H,2,4,6,8,10,14-15H2,1H3,(H,26,27)/b5-3-/t17-,18+,21+,22+/m1/s1. The summed E-state index contributed by atoms with van der Waals surface area (Å²) < 4.78 is 1.13. The van der Waals surface area contributed by atoms with Gasteiger partial charge in [-0.1, -0.05) is 46.3 Å². The quantitative estimate of drug-likeness (QED) is 0.401. The molecule has 0 spiro atoms. The van der Waals surface area contributed by atoms with E-state index in [4.69, 9.17) is 5.11 Å². The number of unbranched alkanes of at least 4 members (excludes halogenated alkanes) is 1. The zero-order valence-corrected chi connectivity index (χ0v) is 17.6. The molecule has 1 saturated carbocycles. The van der Waals surface area contributed by atoms with Gasteiger partial charge in [0.1, 0.15) is 0 Å². The molecule has 3 nitrogen and oxygen atoms in total. The maximum atomic E-state index is 10.7. The first-order chi connectivity index (χ1) is 13.0. The molecule has 0 amide bonds. The molecular formula is C23H30BrNO2. The monoisotopic (exact) mass is 431 g/mol. The fourth-order valence-corrected chi connectivity index (χ4v) is 5.05. The van der Waals surface area contributed by atoms with Gasteiger partial charge in [-0.25, -0.2) is 0 Å². The third kappa shape index (κ3) is 5.55. The van der Waals surface area contributed by atoms with Crippen molar-refractivity contribution in [1.29, 1.82) is 0 Å². The smallest absolute Gasteiger partial charge is 0.303 e. The van der Waals surface area contributed by atoms with Crippen LogP contribution in [0.3, 0.4) is 0 Å². The van der Waals surface area contributed by atoms with Crippen molar-refractivity contribution in [3.63, 3.8) is 0 Å². The minimum absolute atomic E-state index is 0.262. The minimum atomic E-state index is -0.701. The summed E-state index contributed by atoms with van der Waals surface area (Å²) in [6.07, 6.45) is 13.9. The zero-order chi connectivity index (χ0) is 19.2. The number of fused-ring (bicyclic) bond motifs is 2. The second-order valence-corrected chi connectivity index (χ2v) is 8.86. The van der Waals surface area contributed by atoms with Crippen LogP contribution in [0.25, 0.3) is 0 Å². The maximum Gasteiger partial charge on any atom is 0.303 e. The normalized spacial score (nSPS) is 26.7. The van der Waals surface area contributed by atoms with E-state index in [2.05, 4.69) is 70.7 Å². The predicted octanol–water partition coefficient (Wildman–Crippen LogP) is 5.49. The molecule has 0 unspecified atom stereocenters. The number of nitrogens with one attached hydrogen (secondary N) is 1. The Hall–Kier alpha value is -1.39. The fourth-order valence-electron chi connectivity index (χ4n) is 4.57. The van der Waals surface area contributed by atoms with Crippen LogP contribution in [0.5, 0.6) is 0 Å². The third-order valence-electron chi connectivity index (χ3n) is 6.10. The van der Waals surface area contributed by atoms with Crippen LogP contribution in [0.2, 0.25) is 0 Å². The highest BCUT2D eigenvalue weighted by molar-refractivity contribution is 9.10. The number of carboxylic acid groups (broad SMARTS) is 1. The minimum Gasteiger partial charge on any atom is -0.481 e. The molecule has 4 heteroatoms. The molecule has 27 heavy (non-hydrogen) atoms. The average Bonchev–Trinajstić information content (AvgIpc) is 2.64. The van der Waals surface area contributed by atoms with Crippen molar-refractivity contribution in [3.05, 3.63) is 58.1 Å². The van der Waals surface area contributed by atoms with Crippen LogP contribution in [-0.4, -0.2) is 17.6 Å². The number of halogens is 1. The first-order valence-electron chi connectivity index (χ1n) is 10.1. The third-order valence-corrected chi connectivity index (χ3v) is 6.59. The van der Waals surface area contributed by atoms with Crippen LogP contribution in [0.15, 0.2) is 47.0 Å². The van der Waals surface area contributed by atoms with Crippen molar-refractivity contribution in [2.45, 2.75) is 45.6 Å². The van der Waals surface area contributed by atoms with Gasteiger partial charge in [0.15, 0.2) is 0 Å². The lowest BCUT2D eigenvalue weighted by molar-refractivity contribution is -0.137. The first kappa shape index (κ1) is 20.3. The molecule has 1 aromatic carbocycles. The van der Waals surface area contributed by atoms with Crippen molar-refractivity contribution < 1.29 is 9.90 Å². The molecule has 0 radical (unpaired) electrons. The second kappa shape index (κ2) is 9.70. The summed E-state index contributed by atoms with van der Waals surface area (Å²) in [6, 6.07) is 6.47. The van der Waals surface area contributed by atoms with E-state index < -0.39 is 5.97 Å². The van der Waals surface area contributed by atoms with Crippen LogP contribution in [0.1, 0.15) is 43.2 Å². The van der Waals surface area contributed by atoms with Crippen molar-refractivity contribution >= 4 is 21.9 Å². The predicted molar refractivity (Wildman–Crippen MR) is 114 cm³/mol. The SMILES string of the molecule is Cc1cc(Br)ccc1CNC[C@@H]1[C@@H](/C=C\CCCC(=O)O)[C@@H]2C=C[C@H]1CC2. The molecule has 0 saturated heterocycles. The van der Waals surface area contributed by atoms with Crippen molar-refractivity contribution in [2.24, 2.45) is 23.7 Å². The van der Waals surface area contributed by atoms with Crippen LogP contribution in [0, 0.1) is 30.6 Å². The summed E-state index contributed by atoms with van der Waals surface area (Å²) in [4.78, 5) is 10.7. The molecule has 0 aromatic heterocycles. The molecule has 1 aromatic rings. The molecule has 4 atom stereocenters. The van der Waals surface area contributed by atoms with E-state index >= 15 is 0 Å². The van der Waals surface area contributed by atoms with Crippen LogP contribution >= 0.6 is 15.9 Å². The highest BCUT2D eigenvalue weighted by Gasteiger charge is 2.38. The van der Waals surface area contributed by atoms with Crippen LogP contribution < -0.4 is 5.32 Å². The van der Waals surface area contributed by atoms with Crippen molar-refractivity contribution in [2.75, 3.05) is 6.54 Å². The lowest BCUT2D eigenvalue weighted by atomic mass is 9.62. The fraction of sp³-hybridized carbons (Fsp3) is 0.522. The van der Waals surface area contributed by atoms with Gasteiger partial charge in [-0.2, -0.15) is 0 Å². The number of rotatable bonds is 9. The summed E-state index contributed by atoms with van der Waals surface area (Å²) in [5.41, 5.74) is 2.67. The Bertz CT molecular complexity index is 712. The maximum absolute atomic E-state index is 10.7. The van der Waals surface area contributed by atoms with Gasteiger partial charge in [0.25, 0.3) is 0 Å². The topological polar surface area (TPSA) is 49.3 Å². The number of allylic oxidation sites excluding steroid dienone is 4. The highest BCUT2D eigenvalue weighted by Crippen LogP contribution is 2.45. The number of hydrogen-bond donors (Lipinski definition) is 2. The Morgan fingerprint density at radius 1 is 1.30 bits per heavy atom.